The quantitative estimate of drug-likeness (QED) is 0.662. The van der Waals surface area contributed by atoms with Crippen molar-refractivity contribution in [1.82, 2.24) is 9.36 Å². The molecule has 1 aromatic heterocycles. The molecule has 15 heavy (non-hydrogen) atoms. The Bertz CT molecular complexity index is 445. The van der Waals surface area contributed by atoms with E-state index in [1.165, 1.54) is 29.6 Å². The number of benzene rings is 1. The van der Waals surface area contributed by atoms with Crippen molar-refractivity contribution in [3.05, 3.63) is 35.9 Å². The summed E-state index contributed by atoms with van der Waals surface area (Å²) in [7, 11) is 0. The highest BCUT2D eigenvalue weighted by Gasteiger charge is 2.06. The van der Waals surface area contributed by atoms with E-state index in [0.717, 1.165) is 4.34 Å². The van der Waals surface area contributed by atoms with Crippen LogP contribution in [0.3, 0.4) is 0 Å². The summed E-state index contributed by atoms with van der Waals surface area (Å²) >= 11 is 2.75. The number of aromatic nitrogens is 2. The summed E-state index contributed by atoms with van der Waals surface area (Å²) in [4.78, 5) is 4.00. The molecule has 0 aliphatic carbocycles. The molecule has 6 heteroatoms. The molecule has 0 saturated heterocycles. The van der Waals surface area contributed by atoms with E-state index in [1.807, 2.05) is 0 Å². The first-order chi connectivity index (χ1) is 7.27. The molecule has 0 fully saturated rings. The third-order valence-electron chi connectivity index (χ3n) is 1.80. The minimum Gasteiger partial charge on any atom is -0.396 e. The van der Waals surface area contributed by atoms with E-state index >= 15 is 0 Å². The third-order valence-corrected chi connectivity index (χ3v) is 3.65. The van der Waals surface area contributed by atoms with Gasteiger partial charge in [-0.15, -0.1) is 0 Å². The van der Waals surface area contributed by atoms with Gasteiger partial charge in [-0.2, -0.15) is 4.37 Å². The normalized spacial score (nSPS) is 10.5. The molecule has 2 rings (SSSR count). The SMILES string of the molecule is Nc1cccc(CSc2ncns2)c1F. The number of thioether (sulfide) groups is 1. The first kappa shape index (κ1) is 10.4. The summed E-state index contributed by atoms with van der Waals surface area (Å²) in [6.45, 7) is 0. The predicted octanol–water partition coefficient (Wildman–Crippen LogP) is 2.55. The fourth-order valence-electron chi connectivity index (χ4n) is 1.08. The molecular formula is C9H8FN3S2. The Hall–Kier alpha value is -1.14. The van der Waals surface area contributed by atoms with Gasteiger partial charge in [0.15, 0.2) is 4.34 Å². The highest BCUT2D eigenvalue weighted by atomic mass is 32.2. The molecule has 0 aliphatic heterocycles. The Morgan fingerprint density at radius 1 is 1.47 bits per heavy atom. The number of hydrogen-bond acceptors (Lipinski definition) is 5. The molecule has 0 radical (unpaired) electrons. The van der Waals surface area contributed by atoms with Gasteiger partial charge >= 0.3 is 0 Å². The lowest BCUT2D eigenvalue weighted by molar-refractivity contribution is 0.622. The van der Waals surface area contributed by atoms with Crippen LogP contribution in [0.2, 0.25) is 0 Å². The van der Waals surface area contributed by atoms with Gasteiger partial charge in [0.25, 0.3) is 0 Å². The van der Waals surface area contributed by atoms with Crippen LogP contribution in [-0.2, 0) is 5.75 Å². The summed E-state index contributed by atoms with van der Waals surface area (Å²) in [6, 6.07) is 5.02. The maximum absolute atomic E-state index is 13.5. The molecule has 0 atom stereocenters. The van der Waals surface area contributed by atoms with Crippen LogP contribution in [0.5, 0.6) is 0 Å². The predicted molar refractivity (Wildman–Crippen MR) is 60.3 cm³/mol. The first-order valence-electron chi connectivity index (χ1n) is 4.19. The van der Waals surface area contributed by atoms with E-state index in [0.29, 0.717) is 11.3 Å². The lowest BCUT2D eigenvalue weighted by atomic mass is 10.2. The zero-order valence-electron chi connectivity index (χ0n) is 7.68. The molecule has 3 nitrogen and oxygen atoms in total. The second-order valence-electron chi connectivity index (χ2n) is 2.82. The monoisotopic (exact) mass is 241 g/mol. The van der Waals surface area contributed by atoms with Gasteiger partial charge in [0.2, 0.25) is 0 Å². The van der Waals surface area contributed by atoms with Gasteiger partial charge in [-0.1, -0.05) is 23.9 Å². The number of anilines is 1. The molecule has 2 N–H and O–H groups in total. The van der Waals surface area contributed by atoms with Crippen LogP contribution in [-0.4, -0.2) is 9.36 Å². The summed E-state index contributed by atoms with van der Waals surface area (Å²) < 4.78 is 18.2. The molecule has 0 aliphatic rings. The lowest BCUT2D eigenvalue weighted by Gasteiger charge is -2.02. The minimum absolute atomic E-state index is 0.186. The molecule has 0 spiro atoms. The van der Waals surface area contributed by atoms with Crippen molar-refractivity contribution in [1.29, 1.82) is 0 Å². The van der Waals surface area contributed by atoms with Crippen molar-refractivity contribution in [3.63, 3.8) is 0 Å². The van der Waals surface area contributed by atoms with Gasteiger partial charge < -0.3 is 5.73 Å². The van der Waals surface area contributed by atoms with Crippen LogP contribution in [0.1, 0.15) is 5.56 Å². The number of halogens is 1. The second kappa shape index (κ2) is 4.59. The summed E-state index contributed by atoms with van der Waals surface area (Å²) in [5.74, 6) is 0.181. The van der Waals surface area contributed by atoms with Crippen LogP contribution in [0, 0.1) is 5.82 Å². The summed E-state index contributed by atoms with van der Waals surface area (Å²) in [6.07, 6.45) is 1.49. The maximum atomic E-state index is 13.5. The summed E-state index contributed by atoms with van der Waals surface area (Å²) in [5, 5.41) is 0. The zero-order valence-corrected chi connectivity index (χ0v) is 9.32. The van der Waals surface area contributed by atoms with Gasteiger partial charge in [0, 0.05) is 11.3 Å². The molecule has 0 unspecified atom stereocenters. The van der Waals surface area contributed by atoms with Crippen molar-refractivity contribution >= 4 is 29.0 Å². The molecule has 0 amide bonds. The Morgan fingerprint density at radius 2 is 2.33 bits per heavy atom. The molecule has 0 bridgehead atoms. The Balaban J connectivity index is 2.08. The molecule has 1 heterocycles. The van der Waals surface area contributed by atoms with Crippen LogP contribution < -0.4 is 5.73 Å². The Kier molecular flexibility index (Phi) is 3.17. The van der Waals surface area contributed by atoms with E-state index in [9.17, 15) is 4.39 Å². The zero-order chi connectivity index (χ0) is 10.7. The van der Waals surface area contributed by atoms with Crippen molar-refractivity contribution in [2.45, 2.75) is 10.1 Å². The number of hydrogen-bond donors (Lipinski definition) is 1. The van der Waals surface area contributed by atoms with Gasteiger partial charge in [-0.05, 0) is 17.6 Å². The lowest BCUT2D eigenvalue weighted by Crippen LogP contribution is -1.94. The van der Waals surface area contributed by atoms with Crippen LogP contribution in [0.4, 0.5) is 10.1 Å². The van der Waals surface area contributed by atoms with Gasteiger partial charge in [0.1, 0.15) is 12.1 Å². The number of nitrogens with two attached hydrogens (primary N) is 1. The van der Waals surface area contributed by atoms with Crippen LogP contribution >= 0.6 is 23.3 Å². The van der Waals surface area contributed by atoms with Crippen molar-refractivity contribution in [3.8, 4) is 0 Å². The van der Waals surface area contributed by atoms with Crippen LogP contribution in [0.15, 0.2) is 28.9 Å². The largest absolute Gasteiger partial charge is 0.396 e. The Labute approximate surface area is 94.7 Å². The van der Waals surface area contributed by atoms with E-state index in [-0.39, 0.29) is 11.5 Å². The van der Waals surface area contributed by atoms with E-state index in [4.69, 9.17) is 5.73 Å². The van der Waals surface area contributed by atoms with E-state index in [2.05, 4.69) is 9.36 Å². The van der Waals surface area contributed by atoms with Crippen molar-refractivity contribution in [2.24, 2.45) is 0 Å². The smallest absolute Gasteiger partial charge is 0.170 e. The molecular weight excluding hydrogens is 233 g/mol. The van der Waals surface area contributed by atoms with Crippen LogP contribution in [0.25, 0.3) is 0 Å². The summed E-state index contributed by atoms with van der Waals surface area (Å²) in [5.41, 5.74) is 6.24. The van der Waals surface area contributed by atoms with E-state index in [1.54, 1.807) is 18.2 Å². The number of nitrogen functional groups attached to an aromatic ring is 1. The minimum atomic E-state index is -0.338. The fraction of sp³-hybridized carbons (Fsp3) is 0.111. The second-order valence-corrected chi connectivity index (χ2v) is 4.82. The highest BCUT2D eigenvalue weighted by Crippen LogP contribution is 2.25. The maximum Gasteiger partial charge on any atom is 0.170 e. The first-order valence-corrected chi connectivity index (χ1v) is 5.95. The van der Waals surface area contributed by atoms with Gasteiger partial charge in [-0.25, -0.2) is 9.37 Å². The standard InChI is InChI=1S/C9H8FN3S2/c10-8-6(2-1-3-7(8)11)4-14-9-12-5-13-15-9/h1-3,5H,4,11H2. The molecule has 1 aromatic carbocycles. The van der Waals surface area contributed by atoms with Gasteiger partial charge in [0.05, 0.1) is 5.69 Å². The Morgan fingerprint density at radius 3 is 3.07 bits per heavy atom. The number of rotatable bonds is 3. The van der Waals surface area contributed by atoms with Gasteiger partial charge in [-0.3, -0.25) is 0 Å². The van der Waals surface area contributed by atoms with Crippen molar-refractivity contribution < 1.29 is 4.39 Å². The third kappa shape index (κ3) is 2.45. The molecule has 2 aromatic rings. The molecule has 0 saturated carbocycles. The fourth-order valence-corrected chi connectivity index (χ4v) is 2.50. The number of nitrogens with zero attached hydrogens (tertiary/aromatic N) is 2. The van der Waals surface area contributed by atoms with Crippen molar-refractivity contribution in [2.75, 3.05) is 5.73 Å². The van der Waals surface area contributed by atoms with E-state index < -0.39 is 0 Å². The molecule has 78 valence electrons. The topological polar surface area (TPSA) is 51.8 Å². The average molecular weight is 241 g/mol. The average Bonchev–Trinajstić information content (AvgIpc) is 2.73. The highest BCUT2D eigenvalue weighted by molar-refractivity contribution is 8.00.